The number of benzene rings is 1. The average Bonchev–Trinajstić information content (AvgIpc) is 2.28. The van der Waals surface area contributed by atoms with Crippen LogP contribution in [0.15, 0.2) is 29.2 Å². The Bertz CT molecular complexity index is 620. The molecule has 0 amide bonds. The molecule has 0 spiro atoms. The number of ether oxygens (including phenoxy) is 1. The van der Waals surface area contributed by atoms with Gasteiger partial charge in [-0.25, -0.2) is 4.79 Å². The van der Waals surface area contributed by atoms with Crippen LogP contribution in [-0.2, 0) is 0 Å². The quantitative estimate of drug-likeness (QED) is 0.765. The van der Waals surface area contributed by atoms with Gasteiger partial charge in [-0.05, 0) is 12.1 Å². The molecule has 0 unspecified atom stereocenters. The molecule has 83 valence electrons. The van der Waals surface area contributed by atoms with E-state index in [1.807, 2.05) is 0 Å². The van der Waals surface area contributed by atoms with Gasteiger partial charge in [0.25, 0.3) is 0 Å². The predicted octanol–water partition coefficient (Wildman–Crippen LogP) is 0.854. The van der Waals surface area contributed by atoms with Gasteiger partial charge in [-0.15, -0.1) is 0 Å². The summed E-state index contributed by atoms with van der Waals surface area (Å²) in [6.45, 7) is 0. The fourth-order valence-electron chi connectivity index (χ4n) is 1.49. The second-order valence-electron chi connectivity index (χ2n) is 3.25. The number of hydrogen-bond acceptors (Lipinski definition) is 3. The molecule has 1 radical (unpaired) electrons. The minimum Gasteiger partial charge on any atom is -0.497 e. The van der Waals surface area contributed by atoms with E-state index < -0.39 is 11.4 Å². The Kier molecular flexibility index (Phi) is 4.34. The summed E-state index contributed by atoms with van der Waals surface area (Å²) in [7, 11) is 1.52. The third-order valence-electron chi connectivity index (χ3n) is 2.32. The van der Waals surface area contributed by atoms with Crippen LogP contribution < -0.4 is 10.2 Å². The van der Waals surface area contributed by atoms with E-state index in [9.17, 15) is 9.59 Å². The molecule has 0 aliphatic heterocycles. The molecule has 0 atom stereocenters. The Morgan fingerprint density at radius 1 is 1.41 bits per heavy atom. The molecule has 1 aromatic heterocycles. The summed E-state index contributed by atoms with van der Waals surface area (Å²) in [5, 5.41) is 9.12. The van der Waals surface area contributed by atoms with E-state index in [1.54, 1.807) is 18.2 Å². The number of carboxylic acid groups (broad SMARTS) is 1. The molecule has 0 bridgehead atoms. The third kappa shape index (κ3) is 2.52. The van der Waals surface area contributed by atoms with Crippen molar-refractivity contribution in [3.8, 4) is 5.75 Å². The Morgan fingerprint density at radius 3 is 2.71 bits per heavy atom. The van der Waals surface area contributed by atoms with Crippen LogP contribution in [-0.4, -0.2) is 52.7 Å². The molecule has 1 heterocycles. The van der Waals surface area contributed by atoms with Gasteiger partial charge in [0.2, 0.25) is 5.43 Å². The molecule has 2 N–H and O–H groups in total. The van der Waals surface area contributed by atoms with Crippen molar-refractivity contribution in [2.24, 2.45) is 0 Å². The van der Waals surface area contributed by atoms with E-state index in [0.29, 0.717) is 16.7 Å². The maximum absolute atomic E-state index is 11.7. The Balaban J connectivity index is 0.00000144. The number of H-pyrrole nitrogens is 1. The summed E-state index contributed by atoms with van der Waals surface area (Å²) in [6, 6.07) is 4.80. The van der Waals surface area contributed by atoms with Gasteiger partial charge in [-0.2, -0.15) is 0 Å². The van der Waals surface area contributed by atoms with Crippen molar-refractivity contribution in [1.82, 2.24) is 4.98 Å². The molecule has 6 heteroatoms. The average molecular weight is 242 g/mol. The number of nitrogens with one attached hydrogen (secondary N) is 1. The first kappa shape index (κ1) is 13.8. The maximum Gasteiger partial charge on any atom is 0.341 e. The van der Waals surface area contributed by atoms with Crippen molar-refractivity contribution < 1.29 is 14.6 Å². The second-order valence-corrected chi connectivity index (χ2v) is 3.25. The fraction of sp³-hybridized carbons (Fsp3) is 0.0909. The van der Waals surface area contributed by atoms with E-state index in [1.165, 1.54) is 13.3 Å². The van der Waals surface area contributed by atoms with E-state index >= 15 is 0 Å². The normalized spacial score (nSPS) is 9.71. The van der Waals surface area contributed by atoms with Crippen LogP contribution in [0.4, 0.5) is 0 Å². The van der Waals surface area contributed by atoms with Crippen LogP contribution in [0, 0.1) is 0 Å². The minimum atomic E-state index is -1.24. The number of aromatic carboxylic acids is 1. The van der Waals surface area contributed by atoms with E-state index in [2.05, 4.69) is 4.98 Å². The van der Waals surface area contributed by atoms with Gasteiger partial charge in [-0.3, -0.25) is 4.79 Å². The summed E-state index contributed by atoms with van der Waals surface area (Å²) < 4.78 is 5.00. The van der Waals surface area contributed by atoms with Crippen molar-refractivity contribution in [2.75, 3.05) is 7.11 Å². The number of aromatic nitrogens is 1. The summed E-state index contributed by atoms with van der Waals surface area (Å²) in [5.41, 5.74) is -0.212. The van der Waals surface area contributed by atoms with Crippen molar-refractivity contribution in [2.45, 2.75) is 0 Å². The number of hydrogen-bond donors (Lipinski definition) is 2. The Labute approximate surface area is 119 Å². The molecule has 1 aromatic carbocycles. The predicted molar refractivity (Wildman–Crippen MR) is 63.8 cm³/mol. The van der Waals surface area contributed by atoms with Crippen LogP contribution in [0.3, 0.4) is 0 Å². The molecule has 0 aliphatic carbocycles. The van der Waals surface area contributed by atoms with Crippen molar-refractivity contribution in [3.05, 3.63) is 40.2 Å². The zero-order chi connectivity index (χ0) is 11.7. The molecule has 2 aromatic rings. The van der Waals surface area contributed by atoms with Gasteiger partial charge in [0, 0.05) is 47.2 Å². The maximum atomic E-state index is 11.7. The van der Waals surface area contributed by atoms with Crippen molar-refractivity contribution in [1.29, 1.82) is 0 Å². The van der Waals surface area contributed by atoms with Gasteiger partial charge in [-0.1, -0.05) is 0 Å². The molecule has 0 fully saturated rings. The third-order valence-corrected chi connectivity index (χ3v) is 2.32. The summed E-state index contributed by atoms with van der Waals surface area (Å²) in [6.07, 6.45) is 1.19. The van der Waals surface area contributed by atoms with Gasteiger partial charge in [0.05, 0.1) is 12.6 Å². The molecule has 5 nitrogen and oxygen atoms in total. The van der Waals surface area contributed by atoms with Gasteiger partial charge in [0.15, 0.2) is 0 Å². The van der Waals surface area contributed by atoms with Gasteiger partial charge in [0.1, 0.15) is 11.3 Å². The Hall–Kier alpha value is -1.30. The SMILES string of the molecule is COc1ccc2c(=O)c(C(=O)O)c[nH]c2c1.[Na]. The van der Waals surface area contributed by atoms with E-state index in [0.717, 1.165) is 0 Å². The van der Waals surface area contributed by atoms with E-state index in [4.69, 9.17) is 9.84 Å². The second kappa shape index (κ2) is 5.35. The topological polar surface area (TPSA) is 79.4 Å². The zero-order valence-electron chi connectivity index (χ0n) is 9.48. The summed E-state index contributed by atoms with van der Waals surface area (Å²) in [4.78, 5) is 25.2. The smallest absolute Gasteiger partial charge is 0.341 e. The number of carboxylic acids is 1. The molecular formula is C11H9NNaO4. The minimum absolute atomic E-state index is 0. The first-order valence-electron chi connectivity index (χ1n) is 4.56. The van der Waals surface area contributed by atoms with E-state index in [-0.39, 0.29) is 35.1 Å². The summed E-state index contributed by atoms with van der Waals surface area (Å²) >= 11 is 0. The van der Waals surface area contributed by atoms with Crippen LogP contribution in [0.5, 0.6) is 5.75 Å². The number of aromatic amines is 1. The first-order valence-corrected chi connectivity index (χ1v) is 4.56. The molecule has 0 saturated heterocycles. The monoisotopic (exact) mass is 242 g/mol. The van der Waals surface area contributed by atoms with Crippen LogP contribution in [0.25, 0.3) is 10.9 Å². The van der Waals surface area contributed by atoms with Crippen LogP contribution in [0.2, 0.25) is 0 Å². The van der Waals surface area contributed by atoms with Gasteiger partial charge >= 0.3 is 5.97 Å². The molecule has 2 rings (SSSR count). The number of pyridine rings is 1. The number of fused-ring (bicyclic) bond motifs is 1. The molecule has 0 aliphatic rings. The molecule has 0 saturated carbocycles. The molecular weight excluding hydrogens is 233 g/mol. The number of methoxy groups -OCH3 is 1. The number of carbonyl (C=O) groups is 1. The fourth-order valence-corrected chi connectivity index (χ4v) is 1.49. The van der Waals surface area contributed by atoms with Crippen LogP contribution >= 0.6 is 0 Å². The van der Waals surface area contributed by atoms with Crippen molar-refractivity contribution in [3.63, 3.8) is 0 Å². The van der Waals surface area contributed by atoms with Gasteiger partial charge < -0.3 is 14.8 Å². The largest absolute Gasteiger partial charge is 0.497 e. The Morgan fingerprint density at radius 2 is 2.12 bits per heavy atom. The molecule has 17 heavy (non-hydrogen) atoms. The zero-order valence-corrected chi connectivity index (χ0v) is 11.5. The summed E-state index contributed by atoms with van der Waals surface area (Å²) in [5.74, 6) is -0.634. The number of rotatable bonds is 2. The first-order chi connectivity index (χ1) is 7.63. The van der Waals surface area contributed by atoms with Crippen molar-refractivity contribution >= 4 is 46.4 Å². The van der Waals surface area contributed by atoms with Crippen LogP contribution in [0.1, 0.15) is 10.4 Å². The standard InChI is InChI=1S/C11H9NO4.Na/c1-16-6-2-3-7-9(4-6)12-5-8(10(7)13)11(14)15;/h2-5H,1H3,(H,12,13)(H,14,15);.